The van der Waals surface area contributed by atoms with Crippen molar-refractivity contribution in [2.75, 3.05) is 0 Å². The molecule has 0 N–H and O–H groups in total. The Kier molecular flexibility index (Phi) is 7.11. The number of halogens is 2. The molecule has 0 spiro atoms. The van der Waals surface area contributed by atoms with E-state index in [4.69, 9.17) is 17.0 Å². The fourth-order valence-electron chi connectivity index (χ4n) is 7.00. The first kappa shape index (κ1) is 27.4. The third kappa shape index (κ3) is 4.50. The summed E-state index contributed by atoms with van der Waals surface area (Å²) in [6, 6.07) is 39.8. The van der Waals surface area contributed by atoms with Crippen LogP contribution in [0.2, 0.25) is 0 Å². The van der Waals surface area contributed by atoms with E-state index in [2.05, 4.69) is 136 Å². The Hall–Kier alpha value is -2.48. The first-order valence-corrected chi connectivity index (χ1v) is 24.8. The molecule has 1 aliphatic carbocycles. The van der Waals surface area contributed by atoms with Crippen LogP contribution in [0.3, 0.4) is 0 Å². The van der Waals surface area contributed by atoms with Crippen molar-refractivity contribution in [3.63, 3.8) is 0 Å². The summed E-state index contributed by atoms with van der Waals surface area (Å²) in [6.07, 6.45) is 2.43. The first-order valence-electron chi connectivity index (χ1n) is 14.4. The van der Waals surface area contributed by atoms with Crippen LogP contribution in [0.5, 0.6) is 0 Å². The van der Waals surface area contributed by atoms with Crippen LogP contribution in [0.15, 0.2) is 109 Å². The first-order chi connectivity index (χ1) is 19.9. The van der Waals surface area contributed by atoms with Crippen LogP contribution in [0, 0.1) is 6.92 Å². The molecule has 0 saturated heterocycles. The van der Waals surface area contributed by atoms with Crippen LogP contribution in [0.25, 0.3) is 33.9 Å². The summed E-state index contributed by atoms with van der Waals surface area (Å²) in [4.78, 5) is 0. The Labute approximate surface area is 257 Å². The molecule has 0 saturated carbocycles. The van der Waals surface area contributed by atoms with Gasteiger partial charge in [-0.2, -0.15) is 0 Å². The second kappa shape index (κ2) is 10.7. The van der Waals surface area contributed by atoms with Crippen molar-refractivity contribution < 1.29 is 17.9 Å². The van der Waals surface area contributed by atoms with E-state index in [1.165, 1.54) is 69.3 Å². The van der Waals surface area contributed by atoms with Crippen molar-refractivity contribution in [2.24, 2.45) is 0 Å². The van der Waals surface area contributed by atoms with Gasteiger partial charge in [-0.25, -0.2) is 0 Å². The SMILES string of the molecule is Cc1ccccc1-c1c(C(C)C)ccc2c1C=C(c1ccccc1)[CH]2[Zr]([Cl])([Cl])[c]1cccc2c1[SiH2]c1ccccc1-2. The van der Waals surface area contributed by atoms with Gasteiger partial charge in [-0.15, -0.1) is 0 Å². The molecule has 0 nitrogen and oxygen atoms in total. The molecule has 0 fully saturated rings. The average Bonchev–Trinajstić information content (AvgIpc) is 3.57. The van der Waals surface area contributed by atoms with Gasteiger partial charge in [0.2, 0.25) is 0 Å². The maximum atomic E-state index is 7.96. The van der Waals surface area contributed by atoms with Crippen molar-refractivity contribution in [1.29, 1.82) is 0 Å². The molecule has 41 heavy (non-hydrogen) atoms. The number of benzene rings is 5. The fraction of sp³-hybridized carbons (Fsp3) is 0.135. The molecule has 5 aromatic carbocycles. The Morgan fingerprint density at radius 2 is 1.39 bits per heavy atom. The van der Waals surface area contributed by atoms with Crippen molar-refractivity contribution in [1.82, 2.24) is 0 Å². The molecule has 0 radical (unpaired) electrons. The predicted octanol–water partition coefficient (Wildman–Crippen LogP) is 8.27. The molecule has 5 aromatic rings. The summed E-state index contributed by atoms with van der Waals surface area (Å²) in [5, 5.41) is 2.97. The zero-order valence-electron chi connectivity index (χ0n) is 23.6. The van der Waals surface area contributed by atoms with E-state index >= 15 is 0 Å². The predicted molar refractivity (Wildman–Crippen MR) is 179 cm³/mol. The third-order valence-electron chi connectivity index (χ3n) is 8.95. The second-order valence-corrected chi connectivity index (χ2v) is 27.5. The quantitative estimate of drug-likeness (QED) is 0.163. The average molecular weight is 667 g/mol. The molecule has 0 aromatic heterocycles. The summed E-state index contributed by atoms with van der Waals surface area (Å²) < 4.78 is 1.27. The van der Waals surface area contributed by atoms with E-state index in [0.29, 0.717) is 5.92 Å². The Balaban J connectivity index is 1.48. The number of allylic oxidation sites excluding steroid dienone is 1. The van der Waals surface area contributed by atoms with Crippen LogP contribution in [-0.4, -0.2) is 9.52 Å². The van der Waals surface area contributed by atoms with Crippen molar-refractivity contribution in [3.8, 4) is 22.3 Å². The van der Waals surface area contributed by atoms with Crippen LogP contribution < -0.4 is 13.6 Å². The Bertz CT molecular complexity index is 1840. The normalized spacial score (nSPS) is 16.0. The van der Waals surface area contributed by atoms with E-state index in [1.54, 1.807) is 0 Å². The van der Waals surface area contributed by atoms with Gasteiger partial charge in [0.05, 0.1) is 0 Å². The standard InChI is InChI=1S/C25H23.C12H9Si.2ClH.Zr/c1-17(2)22-14-13-20-15-21(19-10-5-4-6-11-19)16-24(20)25(22)23-12-8-7-9-18(23)3;1-3-7-11-9(5-1)10-6-2-4-8-12(10)13-11;;;/h4-17H,1-3H3;1-7H,13H2;2*1H;/q;;;;+2/p-2. The summed E-state index contributed by atoms with van der Waals surface area (Å²) in [6.45, 7) is 6.80. The molecule has 1 unspecified atom stereocenters. The van der Waals surface area contributed by atoms with Gasteiger partial charge >= 0.3 is 259 Å². The molecular weight excluding hydrogens is 635 g/mol. The molecule has 1 atom stereocenters. The van der Waals surface area contributed by atoms with Crippen molar-refractivity contribution in [2.45, 2.75) is 30.3 Å². The Morgan fingerprint density at radius 1 is 0.707 bits per heavy atom. The maximum absolute atomic E-state index is 7.96. The molecule has 2 aliphatic rings. The van der Waals surface area contributed by atoms with Crippen LogP contribution in [0.1, 0.15) is 51.2 Å². The van der Waals surface area contributed by atoms with Gasteiger partial charge in [-0.1, -0.05) is 0 Å². The Morgan fingerprint density at radius 3 is 2.15 bits per heavy atom. The summed E-state index contributed by atoms with van der Waals surface area (Å²) >= 11 is -4.12. The summed E-state index contributed by atoms with van der Waals surface area (Å²) in [5.41, 5.74) is 13.1. The van der Waals surface area contributed by atoms with E-state index < -0.39 is 27.4 Å². The number of hydrogen-bond donors (Lipinski definition) is 0. The van der Waals surface area contributed by atoms with Gasteiger partial charge in [0.1, 0.15) is 0 Å². The molecule has 0 amide bonds. The van der Waals surface area contributed by atoms with Gasteiger partial charge in [-0.05, 0) is 0 Å². The number of rotatable bonds is 5. The van der Waals surface area contributed by atoms with Gasteiger partial charge in [0.15, 0.2) is 0 Å². The fourth-order valence-corrected chi connectivity index (χ4v) is 23.5. The van der Waals surface area contributed by atoms with Gasteiger partial charge in [-0.3, -0.25) is 0 Å². The molecule has 4 heteroatoms. The van der Waals surface area contributed by atoms with E-state index in [-0.39, 0.29) is 3.63 Å². The zero-order chi connectivity index (χ0) is 28.3. The molecule has 7 rings (SSSR count). The minimum absolute atomic E-state index is 0.00164. The molecular formula is C37H32Cl2SiZr. The molecule has 1 aliphatic heterocycles. The summed E-state index contributed by atoms with van der Waals surface area (Å²) in [5.74, 6) is 0.393. The van der Waals surface area contributed by atoms with Crippen LogP contribution >= 0.6 is 17.0 Å². The summed E-state index contributed by atoms with van der Waals surface area (Å²) in [7, 11) is 15.3. The van der Waals surface area contributed by atoms with Gasteiger partial charge < -0.3 is 0 Å². The second-order valence-electron chi connectivity index (χ2n) is 11.7. The number of hydrogen-bond acceptors (Lipinski definition) is 0. The van der Waals surface area contributed by atoms with Gasteiger partial charge in [0, 0.05) is 0 Å². The molecule has 1 heterocycles. The zero-order valence-corrected chi connectivity index (χ0v) is 29.0. The topological polar surface area (TPSA) is 0 Å². The van der Waals surface area contributed by atoms with Crippen LogP contribution in [0.4, 0.5) is 0 Å². The minimum atomic E-state index is -4.12. The monoisotopic (exact) mass is 664 g/mol. The third-order valence-corrected chi connectivity index (χ3v) is 23.2. The van der Waals surface area contributed by atoms with Crippen molar-refractivity contribution in [3.05, 3.63) is 137 Å². The van der Waals surface area contributed by atoms with E-state index in [1.807, 2.05) is 0 Å². The molecule has 202 valence electrons. The number of aryl methyl sites for hydroxylation is 1. The van der Waals surface area contributed by atoms with E-state index in [0.717, 1.165) is 0 Å². The van der Waals surface area contributed by atoms with Crippen LogP contribution in [-0.2, 0) is 17.9 Å². The molecule has 0 bridgehead atoms. The van der Waals surface area contributed by atoms with Gasteiger partial charge in [0.25, 0.3) is 0 Å². The number of fused-ring (bicyclic) bond motifs is 4. The van der Waals surface area contributed by atoms with E-state index in [9.17, 15) is 0 Å². The van der Waals surface area contributed by atoms with Crippen molar-refractivity contribution >= 4 is 51.8 Å².